The van der Waals surface area contributed by atoms with E-state index in [9.17, 15) is 0 Å². The van der Waals surface area contributed by atoms with Crippen molar-refractivity contribution in [3.05, 3.63) is 49.2 Å². The Balaban J connectivity index is 4.07. The molecule has 0 saturated heterocycles. The minimum Gasteiger partial charge on any atom is -0.394 e. The molecule has 0 heterocycles. The van der Waals surface area contributed by atoms with Gasteiger partial charge in [-0.15, -0.1) is 0 Å². The maximum Gasteiger partial charge on any atom is 0.00277 e. The Morgan fingerprint density at radius 2 is 2.10 bits per heavy atom. The standard InChI is InChI=1S/C9H13N/c1-4-6-9(5-2)7-8-10-3/h4-8,10H,1-2H2,3H3/b8-7-,9-6-. The Kier molecular flexibility index (Phi) is 5.16. The Morgan fingerprint density at radius 3 is 2.50 bits per heavy atom. The van der Waals surface area contributed by atoms with Gasteiger partial charge in [-0.05, 0) is 17.8 Å². The van der Waals surface area contributed by atoms with Crippen molar-refractivity contribution >= 4 is 0 Å². The van der Waals surface area contributed by atoms with Crippen molar-refractivity contribution in [3.63, 3.8) is 0 Å². The van der Waals surface area contributed by atoms with Gasteiger partial charge in [0, 0.05) is 7.05 Å². The summed E-state index contributed by atoms with van der Waals surface area (Å²) in [7, 11) is 1.85. The third kappa shape index (κ3) is 3.72. The van der Waals surface area contributed by atoms with Crippen molar-refractivity contribution in [2.45, 2.75) is 0 Å². The number of nitrogens with one attached hydrogen (secondary N) is 1. The second-order valence-corrected chi connectivity index (χ2v) is 1.73. The summed E-state index contributed by atoms with van der Waals surface area (Å²) in [5, 5.41) is 2.89. The fourth-order valence-electron chi connectivity index (χ4n) is 0.507. The highest BCUT2D eigenvalue weighted by Gasteiger charge is 1.77. The Bertz CT molecular complexity index is 164. The maximum atomic E-state index is 3.64. The van der Waals surface area contributed by atoms with Crippen molar-refractivity contribution in [2.75, 3.05) is 7.05 Å². The highest BCUT2D eigenvalue weighted by atomic mass is 14.8. The van der Waals surface area contributed by atoms with Gasteiger partial charge < -0.3 is 5.32 Å². The smallest absolute Gasteiger partial charge is 0.00277 e. The molecule has 0 radical (unpaired) electrons. The van der Waals surface area contributed by atoms with Crippen LogP contribution in [0.1, 0.15) is 0 Å². The molecule has 0 unspecified atom stereocenters. The zero-order valence-corrected chi connectivity index (χ0v) is 6.30. The summed E-state index contributed by atoms with van der Waals surface area (Å²) in [6, 6.07) is 0. The van der Waals surface area contributed by atoms with Crippen LogP contribution in [-0.4, -0.2) is 7.05 Å². The molecule has 0 aliphatic rings. The highest BCUT2D eigenvalue weighted by Crippen LogP contribution is 1.96. The maximum absolute atomic E-state index is 3.64. The van der Waals surface area contributed by atoms with Crippen molar-refractivity contribution < 1.29 is 0 Å². The lowest BCUT2D eigenvalue weighted by molar-refractivity contribution is 1.10. The number of rotatable bonds is 4. The number of hydrogen-bond acceptors (Lipinski definition) is 1. The minimum atomic E-state index is 1.05. The average Bonchev–Trinajstić information content (AvgIpc) is 1.98. The van der Waals surface area contributed by atoms with Crippen LogP contribution in [0.2, 0.25) is 0 Å². The Morgan fingerprint density at radius 1 is 1.40 bits per heavy atom. The van der Waals surface area contributed by atoms with Gasteiger partial charge in [0.25, 0.3) is 0 Å². The Hall–Kier alpha value is -1.24. The summed E-state index contributed by atoms with van der Waals surface area (Å²) in [5.41, 5.74) is 1.05. The van der Waals surface area contributed by atoms with E-state index in [0.29, 0.717) is 0 Å². The fraction of sp³-hybridized carbons (Fsp3) is 0.111. The first-order valence-electron chi connectivity index (χ1n) is 3.14. The van der Waals surface area contributed by atoms with Gasteiger partial charge in [0.1, 0.15) is 0 Å². The SMILES string of the molecule is C=C/C=C(C=C)\C=C/NC. The molecule has 0 aromatic carbocycles. The monoisotopic (exact) mass is 135 g/mol. The van der Waals surface area contributed by atoms with Gasteiger partial charge in [0.05, 0.1) is 0 Å². The van der Waals surface area contributed by atoms with E-state index in [-0.39, 0.29) is 0 Å². The van der Waals surface area contributed by atoms with Crippen LogP contribution in [0.4, 0.5) is 0 Å². The van der Waals surface area contributed by atoms with Crippen molar-refractivity contribution in [3.8, 4) is 0 Å². The first-order valence-corrected chi connectivity index (χ1v) is 3.14. The molecule has 0 fully saturated rings. The molecule has 0 bridgehead atoms. The average molecular weight is 135 g/mol. The summed E-state index contributed by atoms with van der Waals surface area (Å²) in [6.07, 6.45) is 9.17. The molecule has 10 heavy (non-hydrogen) atoms. The van der Waals surface area contributed by atoms with Crippen molar-refractivity contribution in [2.24, 2.45) is 0 Å². The van der Waals surface area contributed by atoms with E-state index in [2.05, 4.69) is 18.5 Å². The van der Waals surface area contributed by atoms with E-state index in [1.54, 1.807) is 12.2 Å². The van der Waals surface area contributed by atoms with Gasteiger partial charge in [0.15, 0.2) is 0 Å². The van der Waals surface area contributed by atoms with Crippen LogP contribution in [0.25, 0.3) is 0 Å². The highest BCUT2D eigenvalue weighted by molar-refractivity contribution is 5.31. The number of hydrogen-bond donors (Lipinski definition) is 1. The lowest BCUT2D eigenvalue weighted by Gasteiger charge is -1.89. The molecule has 0 atom stereocenters. The van der Waals surface area contributed by atoms with Gasteiger partial charge in [-0.25, -0.2) is 0 Å². The molecule has 1 heteroatoms. The topological polar surface area (TPSA) is 12.0 Å². The summed E-state index contributed by atoms with van der Waals surface area (Å²) in [4.78, 5) is 0. The first kappa shape index (κ1) is 8.76. The third-order valence-electron chi connectivity index (χ3n) is 0.988. The molecule has 0 aliphatic carbocycles. The molecule has 0 amide bonds. The van der Waals surface area contributed by atoms with E-state index < -0.39 is 0 Å². The lowest BCUT2D eigenvalue weighted by atomic mass is 10.2. The van der Waals surface area contributed by atoms with E-state index in [4.69, 9.17) is 0 Å². The molecule has 0 saturated carbocycles. The van der Waals surface area contributed by atoms with Gasteiger partial charge >= 0.3 is 0 Å². The van der Waals surface area contributed by atoms with Crippen LogP contribution >= 0.6 is 0 Å². The lowest BCUT2D eigenvalue weighted by Crippen LogP contribution is -1.90. The van der Waals surface area contributed by atoms with Crippen LogP contribution in [0.3, 0.4) is 0 Å². The fourth-order valence-corrected chi connectivity index (χ4v) is 0.507. The van der Waals surface area contributed by atoms with E-state index in [1.807, 2.05) is 25.4 Å². The molecule has 0 aromatic rings. The van der Waals surface area contributed by atoms with Crippen molar-refractivity contribution in [1.29, 1.82) is 0 Å². The van der Waals surface area contributed by atoms with Gasteiger partial charge in [-0.1, -0.05) is 31.4 Å². The summed E-state index contributed by atoms with van der Waals surface area (Å²) >= 11 is 0. The Labute approximate surface area is 62.5 Å². The predicted molar refractivity (Wildman–Crippen MR) is 46.7 cm³/mol. The molecule has 0 aromatic heterocycles. The zero-order valence-electron chi connectivity index (χ0n) is 6.30. The summed E-state index contributed by atoms with van der Waals surface area (Å²) < 4.78 is 0. The van der Waals surface area contributed by atoms with Gasteiger partial charge in [0.2, 0.25) is 0 Å². The van der Waals surface area contributed by atoms with E-state index >= 15 is 0 Å². The third-order valence-corrected chi connectivity index (χ3v) is 0.988. The van der Waals surface area contributed by atoms with Crippen LogP contribution in [0.5, 0.6) is 0 Å². The normalized spacial score (nSPS) is 11.5. The minimum absolute atomic E-state index is 1.05. The second kappa shape index (κ2) is 5.89. The van der Waals surface area contributed by atoms with Gasteiger partial charge in [-0.3, -0.25) is 0 Å². The quantitative estimate of drug-likeness (QED) is 0.581. The predicted octanol–water partition coefficient (Wildman–Crippen LogP) is 2.02. The number of allylic oxidation sites excluding steroid dienone is 5. The van der Waals surface area contributed by atoms with Crippen LogP contribution < -0.4 is 5.32 Å². The molecule has 1 nitrogen and oxygen atoms in total. The first-order chi connectivity index (χ1) is 4.85. The molecule has 1 N–H and O–H groups in total. The zero-order chi connectivity index (χ0) is 7.82. The van der Waals surface area contributed by atoms with Crippen LogP contribution in [0.15, 0.2) is 49.2 Å². The summed E-state index contributed by atoms with van der Waals surface area (Å²) in [6.45, 7) is 7.22. The molecular weight excluding hydrogens is 122 g/mol. The van der Waals surface area contributed by atoms with E-state index in [1.165, 1.54) is 0 Å². The molecule has 54 valence electrons. The molecule has 0 rings (SSSR count). The van der Waals surface area contributed by atoms with Gasteiger partial charge in [-0.2, -0.15) is 0 Å². The molecular formula is C9H13N. The largest absolute Gasteiger partial charge is 0.394 e. The van der Waals surface area contributed by atoms with Crippen molar-refractivity contribution in [1.82, 2.24) is 5.32 Å². The van der Waals surface area contributed by atoms with Crippen LogP contribution in [-0.2, 0) is 0 Å². The molecule has 0 aliphatic heterocycles. The van der Waals surface area contributed by atoms with E-state index in [0.717, 1.165) is 5.57 Å². The van der Waals surface area contributed by atoms with Crippen LogP contribution in [0, 0.1) is 0 Å². The summed E-state index contributed by atoms with van der Waals surface area (Å²) in [5.74, 6) is 0. The molecule has 0 spiro atoms. The second-order valence-electron chi connectivity index (χ2n) is 1.73.